The van der Waals surface area contributed by atoms with Gasteiger partial charge < -0.3 is 14.6 Å². The molecule has 0 amide bonds. The van der Waals surface area contributed by atoms with Crippen LogP contribution in [0.4, 0.5) is 0 Å². The highest BCUT2D eigenvalue weighted by Crippen LogP contribution is 2.70. The maximum absolute atomic E-state index is 10.6. The summed E-state index contributed by atoms with van der Waals surface area (Å²) in [7, 11) is 0. The smallest absolute Gasteiger partial charge is 0.172 e. The Labute approximate surface area is 197 Å². The Morgan fingerprint density at radius 1 is 0.875 bits per heavy atom. The maximum atomic E-state index is 10.6. The third-order valence-corrected chi connectivity index (χ3v) is 11.6. The minimum atomic E-state index is -0.420. The van der Waals surface area contributed by atoms with Crippen LogP contribution in [-0.4, -0.2) is 30.2 Å². The van der Waals surface area contributed by atoms with Crippen molar-refractivity contribution in [3.8, 4) is 0 Å². The predicted octanol–water partition coefficient (Wildman–Crippen LogP) is 6.82. The molecule has 5 fully saturated rings. The number of aliphatic hydroxyl groups excluding tert-OH is 1. The fourth-order valence-corrected chi connectivity index (χ4v) is 10.1. The van der Waals surface area contributed by atoms with Crippen molar-refractivity contribution >= 4 is 0 Å². The molecule has 5 rings (SSSR count). The Balaban J connectivity index is 1.39. The van der Waals surface area contributed by atoms with Gasteiger partial charge in [-0.25, -0.2) is 0 Å². The molecular weight excluding hydrogens is 396 g/mol. The summed E-state index contributed by atoms with van der Waals surface area (Å²) in [5.41, 5.74) is 0.754. The molecule has 0 bridgehead atoms. The molecule has 0 unspecified atom stereocenters. The highest BCUT2D eigenvalue weighted by molar-refractivity contribution is 5.14. The highest BCUT2D eigenvalue weighted by atomic mass is 16.7. The summed E-state index contributed by atoms with van der Waals surface area (Å²) in [4.78, 5) is 0. The number of rotatable bonds is 5. The van der Waals surface area contributed by atoms with E-state index in [1.807, 2.05) is 0 Å². The van der Waals surface area contributed by atoms with Crippen molar-refractivity contribution in [3.63, 3.8) is 0 Å². The molecule has 1 aliphatic heterocycles. The fourth-order valence-electron chi connectivity index (χ4n) is 10.1. The molecule has 1 heterocycles. The summed E-state index contributed by atoms with van der Waals surface area (Å²) in [6, 6.07) is 0. The van der Waals surface area contributed by atoms with E-state index in [4.69, 9.17) is 9.47 Å². The van der Waals surface area contributed by atoms with Crippen LogP contribution in [0.15, 0.2) is 0 Å². The lowest BCUT2D eigenvalue weighted by Gasteiger charge is -2.65. The molecule has 4 saturated carbocycles. The van der Waals surface area contributed by atoms with Gasteiger partial charge in [0.1, 0.15) is 0 Å². The molecule has 184 valence electrons. The Bertz CT molecular complexity index is 669. The lowest BCUT2D eigenvalue weighted by atomic mass is 9.43. The molecule has 1 N–H and O–H groups in total. The summed E-state index contributed by atoms with van der Waals surface area (Å²) >= 11 is 0. The number of ether oxygens (including phenoxy) is 2. The third-order valence-electron chi connectivity index (χ3n) is 11.6. The van der Waals surface area contributed by atoms with Crippen LogP contribution in [0.3, 0.4) is 0 Å². The van der Waals surface area contributed by atoms with Gasteiger partial charge in [0.2, 0.25) is 0 Å². The van der Waals surface area contributed by atoms with Crippen LogP contribution in [-0.2, 0) is 9.47 Å². The van der Waals surface area contributed by atoms with E-state index in [1.165, 1.54) is 44.9 Å². The van der Waals surface area contributed by atoms with E-state index in [0.29, 0.717) is 11.3 Å². The summed E-state index contributed by atoms with van der Waals surface area (Å²) < 4.78 is 13.0. The Morgan fingerprint density at radius 3 is 2.28 bits per heavy atom. The monoisotopic (exact) mass is 446 g/mol. The first-order valence-electron chi connectivity index (χ1n) is 14.2. The summed E-state index contributed by atoms with van der Waals surface area (Å²) in [5.74, 6) is 4.86. The zero-order valence-electron chi connectivity index (χ0n) is 21.6. The van der Waals surface area contributed by atoms with Gasteiger partial charge in [0.15, 0.2) is 5.79 Å². The van der Waals surface area contributed by atoms with E-state index in [2.05, 4.69) is 34.6 Å². The van der Waals surface area contributed by atoms with Gasteiger partial charge in [-0.3, -0.25) is 0 Å². The molecule has 9 atom stereocenters. The second kappa shape index (κ2) is 8.52. The van der Waals surface area contributed by atoms with Crippen LogP contribution < -0.4 is 0 Å². The lowest BCUT2D eigenvalue weighted by molar-refractivity contribution is -0.298. The zero-order valence-corrected chi connectivity index (χ0v) is 21.6. The summed E-state index contributed by atoms with van der Waals surface area (Å²) in [5, 5.41) is 10.6. The van der Waals surface area contributed by atoms with E-state index in [1.54, 1.807) is 0 Å². The molecule has 5 aliphatic rings. The maximum Gasteiger partial charge on any atom is 0.172 e. The quantitative estimate of drug-likeness (QED) is 0.503. The minimum Gasteiger partial charge on any atom is -0.393 e. The van der Waals surface area contributed by atoms with Crippen molar-refractivity contribution in [2.45, 2.75) is 117 Å². The molecule has 0 aromatic heterocycles. The largest absolute Gasteiger partial charge is 0.393 e. The van der Waals surface area contributed by atoms with Crippen LogP contribution in [0.25, 0.3) is 0 Å². The van der Waals surface area contributed by atoms with Crippen LogP contribution in [0.5, 0.6) is 0 Å². The molecule has 1 spiro atoms. The van der Waals surface area contributed by atoms with E-state index in [-0.39, 0.29) is 11.5 Å². The molecule has 3 heteroatoms. The summed E-state index contributed by atoms with van der Waals surface area (Å²) in [6.07, 6.45) is 13.7. The Kier molecular flexibility index (Phi) is 6.29. The minimum absolute atomic E-state index is 0.175. The van der Waals surface area contributed by atoms with Gasteiger partial charge in [0.05, 0.1) is 19.3 Å². The van der Waals surface area contributed by atoms with E-state index in [9.17, 15) is 5.11 Å². The molecule has 3 nitrogen and oxygen atoms in total. The topological polar surface area (TPSA) is 38.7 Å². The number of hydrogen-bond acceptors (Lipinski definition) is 3. The third kappa shape index (κ3) is 3.63. The molecule has 32 heavy (non-hydrogen) atoms. The van der Waals surface area contributed by atoms with Crippen molar-refractivity contribution in [3.05, 3.63) is 0 Å². The first kappa shape index (κ1) is 23.6. The first-order valence-corrected chi connectivity index (χ1v) is 14.2. The SMILES string of the molecule is CC(C)CCC[C@H](C)[C@H]1CC[C@H]2[C@H]3CC4(OCCO4)[C@H]4C[C@@H](O)CC[C@]4(C)[C@@H]3CC[C@]12C. The van der Waals surface area contributed by atoms with Crippen LogP contribution >= 0.6 is 0 Å². The number of aliphatic hydroxyl groups is 1. The Morgan fingerprint density at radius 2 is 1.56 bits per heavy atom. The normalized spacial score (nSPS) is 48.5. The number of hydrogen-bond donors (Lipinski definition) is 1. The molecule has 0 aromatic carbocycles. The van der Waals surface area contributed by atoms with Crippen LogP contribution in [0.1, 0.15) is 105 Å². The van der Waals surface area contributed by atoms with Crippen molar-refractivity contribution in [1.29, 1.82) is 0 Å². The van der Waals surface area contributed by atoms with Gasteiger partial charge in [0, 0.05) is 12.3 Å². The molecule has 0 aromatic rings. The first-order chi connectivity index (χ1) is 15.2. The zero-order chi connectivity index (χ0) is 22.7. The second-order valence-electron chi connectivity index (χ2n) is 13.6. The fraction of sp³-hybridized carbons (Fsp3) is 1.00. The molecule has 1 saturated heterocycles. The molecule has 4 aliphatic carbocycles. The van der Waals surface area contributed by atoms with Gasteiger partial charge in [-0.2, -0.15) is 0 Å². The lowest BCUT2D eigenvalue weighted by Crippen LogP contribution is -2.63. The highest BCUT2D eigenvalue weighted by Gasteiger charge is 2.67. The standard InChI is InChI=1S/C29H50O3/c1-19(2)7-6-8-20(3)23-9-10-24-22-18-29(31-15-16-32-29)26-17-21(30)11-13-28(26,5)25(22)12-14-27(23,24)4/h19-26,30H,6-18H2,1-5H3/t20-,21-,22+,23+,24-,25+,26-,27+,28+/m0/s1. The van der Waals surface area contributed by atoms with E-state index < -0.39 is 5.79 Å². The van der Waals surface area contributed by atoms with Crippen molar-refractivity contribution < 1.29 is 14.6 Å². The van der Waals surface area contributed by atoms with Crippen LogP contribution in [0.2, 0.25) is 0 Å². The van der Waals surface area contributed by atoms with Crippen molar-refractivity contribution in [1.82, 2.24) is 0 Å². The van der Waals surface area contributed by atoms with Gasteiger partial charge in [0.25, 0.3) is 0 Å². The van der Waals surface area contributed by atoms with Gasteiger partial charge in [-0.15, -0.1) is 0 Å². The van der Waals surface area contributed by atoms with Gasteiger partial charge >= 0.3 is 0 Å². The van der Waals surface area contributed by atoms with Crippen molar-refractivity contribution in [2.24, 2.45) is 52.3 Å². The van der Waals surface area contributed by atoms with E-state index in [0.717, 1.165) is 74.4 Å². The average Bonchev–Trinajstić information content (AvgIpc) is 3.34. The van der Waals surface area contributed by atoms with E-state index >= 15 is 0 Å². The van der Waals surface area contributed by atoms with Crippen LogP contribution in [0, 0.1) is 52.3 Å². The summed E-state index contributed by atoms with van der Waals surface area (Å²) in [6.45, 7) is 14.0. The van der Waals surface area contributed by atoms with Gasteiger partial charge in [-0.1, -0.05) is 53.9 Å². The second-order valence-corrected chi connectivity index (χ2v) is 13.6. The van der Waals surface area contributed by atoms with Crippen molar-refractivity contribution in [2.75, 3.05) is 13.2 Å². The number of fused-ring (bicyclic) bond motifs is 6. The Hall–Kier alpha value is -0.120. The molecule has 0 radical (unpaired) electrons. The average molecular weight is 447 g/mol. The van der Waals surface area contributed by atoms with Gasteiger partial charge in [-0.05, 0) is 91.3 Å². The predicted molar refractivity (Wildman–Crippen MR) is 129 cm³/mol. The molecular formula is C29H50O3.